The molecule has 0 radical (unpaired) electrons. The highest BCUT2D eigenvalue weighted by Crippen LogP contribution is 2.44. The maximum absolute atomic E-state index is 11.7. The molecule has 1 aliphatic rings. The van der Waals surface area contributed by atoms with Crippen molar-refractivity contribution in [2.24, 2.45) is 17.3 Å². The number of piperidine rings is 1. The van der Waals surface area contributed by atoms with Crippen molar-refractivity contribution >= 4 is 5.91 Å². The molecule has 1 rings (SSSR count). The van der Waals surface area contributed by atoms with Gasteiger partial charge >= 0.3 is 0 Å². The minimum Gasteiger partial charge on any atom is -0.319 e. The second-order valence-electron chi connectivity index (χ2n) is 4.64. The quantitative estimate of drug-likeness (QED) is 0.561. The van der Waals surface area contributed by atoms with Crippen molar-refractivity contribution in [1.29, 1.82) is 0 Å². The van der Waals surface area contributed by atoms with Crippen molar-refractivity contribution in [3.8, 4) is 0 Å². The number of likely N-dealkylation sites (tertiary alicyclic amines) is 1. The van der Waals surface area contributed by atoms with Gasteiger partial charge in [-0.25, -0.2) is 0 Å². The highest BCUT2D eigenvalue weighted by molar-refractivity contribution is 5.81. The van der Waals surface area contributed by atoms with Gasteiger partial charge in [-0.3, -0.25) is 4.79 Å². The van der Waals surface area contributed by atoms with Gasteiger partial charge < -0.3 is 4.90 Å². The van der Waals surface area contributed by atoms with E-state index in [2.05, 4.69) is 27.4 Å². The molecule has 1 aliphatic heterocycles. The van der Waals surface area contributed by atoms with Crippen LogP contribution in [-0.2, 0) is 4.79 Å². The van der Waals surface area contributed by atoms with Crippen LogP contribution in [0.2, 0.25) is 0 Å². The molecule has 0 aromatic carbocycles. The third-order valence-corrected chi connectivity index (χ3v) is 3.76. The molecular weight excluding hydrogens is 162 g/mol. The summed E-state index contributed by atoms with van der Waals surface area (Å²) in [5.74, 6) is 0.658. The van der Waals surface area contributed by atoms with Crippen molar-refractivity contribution < 1.29 is 4.79 Å². The molecule has 2 atom stereocenters. The molecule has 0 aliphatic carbocycles. The Kier molecular flexibility index (Phi) is 2.27. The summed E-state index contributed by atoms with van der Waals surface area (Å²) in [4.78, 5) is 13.4. The highest BCUT2D eigenvalue weighted by atomic mass is 16.2. The van der Waals surface area contributed by atoms with Crippen molar-refractivity contribution in [2.45, 2.75) is 27.7 Å². The SMILES string of the molecule is C=C1N(C)C(=O)C(C)C(C)C1(C)C. The van der Waals surface area contributed by atoms with Crippen molar-refractivity contribution in [3.05, 3.63) is 12.3 Å². The third-order valence-electron chi connectivity index (χ3n) is 3.76. The summed E-state index contributed by atoms with van der Waals surface area (Å²) in [6.45, 7) is 12.4. The van der Waals surface area contributed by atoms with Crippen LogP contribution in [0.5, 0.6) is 0 Å². The predicted octanol–water partition coefficient (Wildman–Crippen LogP) is 2.27. The monoisotopic (exact) mass is 181 g/mol. The summed E-state index contributed by atoms with van der Waals surface area (Å²) < 4.78 is 0. The smallest absolute Gasteiger partial charge is 0.229 e. The Morgan fingerprint density at radius 3 is 2.31 bits per heavy atom. The normalized spacial score (nSPS) is 33.8. The molecule has 2 heteroatoms. The zero-order valence-electron chi connectivity index (χ0n) is 9.22. The fourth-order valence-electron chi connectivity index (χ4n) is 1.97. The van der Waals surface area contributed by atoms with E-state index in [4.69, 9.17) is 0 Å². The lowest BCUT2D eigenvalue weighted by atomic mass is 9.68. The molecule has 0 aromatic heterocycles. The van der Waals surface area contributed by atoms with Gasteiger partial charge in [-0.15, -0.1) is 0 Å². The van der Waals surface area contributed by atoms with E-state index in [9.17, 15) is 4.79 Å². The number of rotatable bonds is 0. The molecule has 1 heterocycles. The van der Waals surface area contributed by atoms with E-state index in [1.165, 1.54) is 0 Å². The summed E-state index contributed by atoms with van der Waals surface area (Å²) in [5.41, 5.74) is 0.963. The predicted molar refractivity (Wildman–Crippen MR) is 54.0 cm³/mol. The van der Waals surface area contributed by atoms with Gasteiger partial charge in [-0.2, -0.15) is 0 Å². The number of hydrogen-bond donors (Lipinski definition) is 0. The van der Waals surface area contributed by atoms with Gasteiger partial charge in [0.2, 0.25) is 5.91 Å². The van der Waals surface area contributed by atoms with E-state index in [1.54, 1.807) is 4.90 Å². The van der Waals surface area contributed by atoms with Crippen LogP contribution in [0.15, 0.2) is 12.3 Å². The fourth-order valence-corrected chi connectivity index (χ4v) is 1.97. The number of allylic oxidation sites excluding steroid dienone is 1. The Bertz CT molecular complexity index is 255. The Morgan fingerprint density at radius 1 is 1.38 bits per heavy atom. The van der Waals surface area contributed by atoms with Crippen molar-refractivity contribution in [3.63, 3.8) is 0 Å². The van der Waals surface area contributed by atoms with Gasteiger partial charge in [0, 0.05) is 24.1 Å². The van der Waals surface area contributed by atoms with Gasteiger partial charge in [0.05, 0.1) is 0 Å². The Labute approximate surface area is 80.6 Å². The topological polar surface area (TPSA) is 20.3 Å². The second kappa shape index (κ2) is 2.86. The van der Waals surface area contributed by atoms with Crippen LogP contribution in [0.4, 0.5) is 0 Å². The first-order chi connectivity index (χ1) is 5.80. The van der Waals surface area contributed by atoms with Gasteiger partial charge in [0.25, 0.3) is 0 Å². The van der Waals surface area contributed by atoms with E-state index in [0.717, 1.165) is 5.70 Å². The maximum atomic E-state index is 11.7. The second-order valence-corrected chi connectivity index (χ2v) is 4.64. The van der Waals surface area contributed by atoms with E-state index < -0.39 is 0 Å². The van der Waals surface area contributed by atoms with E-state index >= 15 is 0 Å². The molecule has 1 amide bonds. The molecule has 13 heavy (non-hydrogen) atoms. The van der Waals surface area contributed by atoms with Gasteiger partial charge in [0.15, 0.2) is 0 Å². The molecule has 1 saturated heterocycles. The Hall–Kier alpha value is -0.790. The number of amides is 1. The highest BCUT2D eigenvalue weighted by Gasteiger charge is 2.43. The van der Waals surface area contributed by atoms with E-state index in [-0.39, 0.29) is 17.2 Å². The van der Waals surface area contributed by atoms with Crippen LogP contribution < -0.4 is 0 Å². The number of hydrogen-bond acceptors (Lipinski definition) is 1. The molecule has 0 saturated carbocycles. The van der Waals surface area contributed by atoms with Crippen LogP contribution in [-0.4, -0.2) is 17.9 Å². The lowest BCUT2D eigenvalue weighted by Gasteiger charge is -2.46. The fraction of sp³-hybridized carbons (Fsp3) is 0.727. The zero-order chi connectivity index (χ0) is 10.4. The number of carbonyl (C=O) groups is 1. The largest absolute Gasteiger partial charge is 0.319 e. The first kappa shape index (κ1) is 10.3. The minimum atomic E-state index is 0.0298. The molecule has 74 valence electrons. The summed E-state index contributed by atoms with van der Waals surface area (Å²) in [6, 6.07) is 0. The van der Waals surface area contributed by atoms with Crippen LogP contribution >= 0.6 is 0 Å². The summed E-state index contributed by atoms with van der Waals surface area (Å²) in [5, 5.41) is 0. The molecule has 2 nitrogen and oxygen atoms in total. The summed E-state index contributed by atoms with van der Waals surface area (Å²) >= 11 is 0. The Morgan fingerprint density at radius 2 is 1.85 bits per heavy atom. The molecule has 2 unspecified atom stereocenters. The molecule has 0 bridgehead atoms. The molecule has 0 spiro atoms. The first-order valence-electron chi connectivity index (χ1n) is 4.77. The van der Waals surface area contributed by atoms with Gasteiger partial charge in [0.1, 0.15) is 0 Å². The van der Waals surface area contributed by atoms with Crippen LogP contribution in [0.3, 0.4) is 0 Å². The lowest BCUT2D eigenvalue weighted by Crippen LogP contribution is -2.48. The lowest BCUT2D eigenvalue weighted by molar-refractivity contribution is -0.139. The minimum absolute atomic E-state index is 0.0298. The molecular formula is C11H19NO. The molecule has 0 N–H and O–H groups in total. The summed E-state index contributed by atoms with van der Waals surface area (Å²) in [6.07, 6.45) is 0. The van der Waals surface area contributed by atoms with Gasteiger partial charge in [-0.05, 0) is 5.92 Å². The van der Waals surface area contributed by atoms with Crippen LogP contribution in [0.1, 0.15) is 27.7 Å². The standard InChI is InChI=1S/C11H19NO/c1-7-8(2)11(4,5)9(3)12(6)10(7)13/h7-8H,3H2,1-2,4-6H3. The van der Waals surface area contributed by atoms with E-state index in [1.807, 2.05) is 14.0 Å². The average molecular weight is 181 g/mol. The Balaban J connectivity index is 3.07. The molecule has 1 fully saturated rings. The first-order valence-corrected chi connectivity index (χ1v) is 4.77. The maximum Gasteiger partial charge on any atom is 0.229 e. The van der Waals surface area contributed by atoms with E-state index in [0.29, 0.717) is 5.92 Å². The average Bonchev–Trinajstić information content (AvgIpc) is 2.09. The molecule has 0 aromatic rings. The van der Waals surface area contributed by atoms with Crippen molar-refractivity contribution in [2.75, 3.05) is 7.05 Å². The number of carbonyl (C=O) groups excluding carboxylic acids is 1. The van der Waals surface area contributed by atoms with Gasteiger partial charge in [-0.1, -0.05) is 34.3 Å². The third kappa shape index (κ3) is 1.28. The zero-order valence-corrected chi connectivity index (χ0v) is 9.22. The van der Waals surface area contributed by atoms with Crippen LogP contribution in [0, 0.1) is 17.3 Å². The summed E-state index contributed by atoms with van der Waals surface area (Å²) in [7, 11) is 1.81. The van der Waals surface area contributed by atoms with Crippen molar-refractivity contribution in [1.82, 2.24) is 4.90 Å². The van der Waals surface area contributed by atoms with Crippen LogP contribution in [0.25, 0.3) is 0 Å². The number of nitrogens with zero attached hydrogens (tertiary/aromatic N) is 1.